The molecule has 0 aliphatic carbocycles. The lowest BCUT2D eigenvalue weighted by Crippen LogP contribution is -2.39. The van der Waals surface area contributed by atoms with Gasteiger partial charge in [-0.2, -0.15) is 0 Å². The van der Waals surface area contributed by atoms with Crippen LogP contribution in [-0.4, -0.2) is 17.7 Å². The number of hydrogen-bond acceptors (Lipinski definition) is 6. The van der Waals surface area contributed by atoms with Gasteiger partial charge in [-0.05, 0) is 62.9 Å². The van der Waals surface area contributed by atoms with Gasteiger partial charge in [-0.1, -0.05) is 37.3 Å². The molecule has 1 amide bonds. The zero-order valence-corrected chi connectivity index (χ0v) is 18.9. The molecule has 32 heavy (non-hydrogen) atoms. The molecule has 3 rings (SSSR count). The van der Waals surface area contributed by atoms with Gasteiger partial charge in [0.15, 0.2) is 6.04 Å². The molecule has 1 aromatic heterocycles. The van der Waals surface area contributed by atoms with E-state index in [0.717, 1.165) is 5.56 Å². The molecular formula is C25H27NO6. The fourth-order valence-corrected chi connectivity index (χ4v) is 3.35. The Morgan fingerprint density at radius 3 is 2.41 bits per heavy atom. The van der Waals surface area contributed by atoms with Crippen molar-refractivity contribution >= 4 is 23.0 Å². The van der Waals surface area contributed by atoms with Crippen LogP contribution in [0.4, 0.5) is 4.79 Å². The van der Waals surface area contributed by atoms with Crippen molar-refractivity contribution in [3.63, 3.8) is 0 Å². The molecule has 3 aromatic rings. The Morgan fingerprint density at radius 1 is 1.09 bits per heavy atom. The minimum Gasteiger partial charge on any atom is -0.444 e. The highest BCUT2D eigenvalue weighted by Crippen LogP contribution is 2.31. The molecular weight excluding hydrogens is 410 g/mol. The molecule has 168 valence electrons. The second-order valence-electron chi connectivity index (χ2n) is 8.49. The van der Waals surface area contributed by atoms with E-state index in [1.807, 2.05) is 19.9 Å². The minimum atomic E-state index is -1.09. The smallest absolute Gasteiger partial charge is 0.408 e. The summed E-state index contributed by atoms with van der Waals surface area (Å²) in [6.45, 7) is 8.92. The maximum atomic E-state index is 13.3. The Morgan fingerprint density at radius 2 is 1.78 bits per heavy atom. The van der Waals surface area contributed by atoms with Crippen LogP contribution in [0.15, 0.2) is 57.7 Å². The zero-order valence-electron chi connectivity index (χ0n) is 18.9. The van der Waals surface area contributed by atoms with Gasteiger partial charge in [0, 0.05) is 6.07 Å². The fourth-order valence-electron chi connectivity index (χ4n) is 3.35. The Labute approximate surface area is 186 Å². The van der Waals surface area contributed by atoms with E-state index in [4.69, 9.17) is 13.9 Å². The van der Waals surface area contributed by atoms with E-state index in [-0.39, 0.29) is 5.75 Å². The van der Waals surface area contributed by atoms with Crippen LogP contribution in [0, 0.1) is 6.92 Å². The van der Waals surface area contributed by atoms with Gasteiger partial charge >= 0.3 is 17.7 Å². The van der Waals surface area contributed by atoms with Crippen LogP contribution in [0.2, 0.25) is 0 Å². The third kappa shape index (κ3) is 5.55. The highest BCUT2D eigenvalue weighted by molar-refractivity contribution is 5.92. The number of alkyl carbamates (subject to hydrolysis) is 1. The van der Waals surface area contributed by atoms with Gasteiger partial charge in [0.2, 0.25) is 0 Å². The summed E-state index contributed by atoms with van der Waals surface area (Å²) in [6.07, 6.45) is -0.189. The highest BCUT2D eigenvalue weighted by Gasteiger charge is 2.28. The van der Waals surface area contributed by atoms with Crippen molar-refractivity contribution in [2.24, 2.45) is 0 Å². The van der Waals surface area contributed by atoms with Crippen molar-refractivity contribution in [1.82, 2.24) is 5.32 Å². The average molecular weight is 437 g/mol. The Hall–Kier alpha value is -3.61. The summed E-state index contributed by atoms with van der Waals surface area (Å²) in [5.41, 5.74) is 1.15. The average Bonchev–Trinajstić information content (AvgIpc) is 2.70. The Balaban J connectivity index is 2.00. The largest absolute Gasteiger partial charge is 0.444 e. The molecule has 2 aromatic carbocycles. The number of carbonyl (C=O) groups excluding carboxylic acids is 2. The number of aryl methyl sites for hydroxylation is 2. The summed E-state index contributed by atoms with van der Waals surface area (Å²) in [7, 11) is 0. The summed E-state index contributed by atoms with van der Waals surface area (Å²) in [5, 5.41) is 3.15. The molecule has 0 radical (unpaired) electrons. The normalized spacial score (nSPS) is 12.3. The van der Waals surface area contributed by atoms with Crippen LogP contribution in [0.3, 0.4) is 0 Å². The molecule has 0 spiro atoms. The first kappa shape index (κ1) is 23.1. The van der Waals surface area contributed by atoms with E-state index < -0.39 is 29.3 Å². The lowest BCUT2D eigenvalue weighted by atomic mass is 10.0. The monoisotopic (exact) mass is 437 g/mol. The van der Waals surface area contributed by atoms with Crippen molar-refractivity contribution in [3.8, 4) is 5.75 Å². The zero-order chi connectivity index (χ0) is 23.5. The van der Waals surface area contributed by atoms with Crippen molar-refractivity contribution < 1.29 is 23.5 Å². The molecule has 1 atom stereocenters. The standard InChI is InChI=1S/C25H27NO6/c1-6-16-14-20(27)30-18-12-15(2)13-19(21(16)18)31-23(28)22(17-10-8-7-9-11-17)26-24(29)32-25(3,4)5/h7-14,22H,6H2,1-5H3,(H,26,29). The van der Waals surface area contributed by atoms with Crippen LogP contribution in [0.5, 0.6) is 5.75 Å². The molecule has 1 N–H and O–H groups in total. The maximum Gasteiger partial charge on any atom is 0.408 e. The van der Waals surface area contributed by atoms with Gasteiger partial charge in [0.25, 0.3) is 0 Å². The summed E-state index contributed by atoms with van der Waals surface area (Å²) >= 11 is 0. The first-order valence-electron chi connectivity index (χ1n) is 10.4. The van der Waals surface area contributed by atoms with E-state index in [0.29, 0.717) is 28.5 Å². The number of fused-ring (bicyclic) bond motifs is 1. The molecule has 7 heteroatoms. The number of rotatable bonds is 5. The van der Waals surface area contributed by atoms with E-state index in [2.05, 4.69) is 5.32 Å². The Kier molecular flexibility index (Phi) is 6.67. The van der Waals surface area contributed by atoms with Crippen molar-refractivity contribution in [1.29, 1.82) is 0 Å². The van der Waals surface area contributed by atoms with Crippen LogP contribution < -0.4 is 15.7 Å². The number of hydrogen-bond donors (Lipinski definition) is 1. The second-order valence-corrected chi connectivity index (χ2v) is 8.49. The molecule has 1 heterocycles. The molecule has 0 fully saturated rings. The van der Waals surface area contributed by atoms with Crippen LogP contribution in [-0.2, 0) is 16.0 Å². The van der Waals surface area contributed by atoms with Crippen molar-refractivity contribution in [3.05, 3.63) is 75.6 Å². The number of esters is 1. The summed E-state index contributed by atoms with van der Waals surface area (Å²) in [6, 6.07) is 12.5. The van der Waals surface area contributed by atoms with E-state index >= 15 is 0 Å². The molecule has 0 aliphatic rings. The first-order chi connectivity index (χ1) is 15.1. The van der Waals surface area contributed by atoms with Gasteiger partial charge in [-0.3, -0.25) is 0 Å². The van der Waals surface area contributed by atoms with E-state index in [9.17, 15) is 14.4 Å². The third-order valence-electron chi connectivity index (χ3n) is 4.66. The minimum absolute atomic E-state index is 0.262. The van der Waals surface area contributed by atoms with Crippen molar-refractivity contribution in [2.75, 3.05) is 0 Å². The predicted octanol–water partition coefficient (Wildman–Crippen LogP) is 4.84. The number of nitrogens with one attached hydrogen (secondary N) is 1. The number of benzene rings is 2. The highest BCUT2D eigenvalue weighted by atomic mass is 16.6. The number of amides is 1. The van der Waals surface area contributed by atoms with Gasteiger partial charge in [0.05, 0.1) is 5.39 Å². The van der Waals surface area contributed by atoms with Crippen LogP contribution in [0.25, 0.3) is 11.0 Å². The topological polar surface area (TPSA) is 94.8 Å². The van der Waals surface area contributed by atoms with Crippen LogP contribution >= 0.6 is 0 Å². The molecule has 0 saturated carbocycles. The predicted molar refractivity (Wildman–Crippen MR) is 121 cm³/mol. The molecule has 0 aliphatic heterocycles. The number of ether oxygens (including phenoxy) is 2. The first-order valence-corrected chi connectivity index (χ1v) is 10.4. The molecule has 0 saturated heterocycles. The number of carbonyl (C=O) groups is 2. The van der Waals surface area contributed by atoms with Crippen molar-refractivity contribution in [2.45, 2.75) is 52.7 Å². The van der Waals surface area contributed by atoms with Gasteiger partial charge in [-0.15, -0.1) is 0 Å². The van der Waals surface area contributed by atoms with E-state index in [1.54, 1.807) is 57.2 Å². The molecule has 7 nitrogen and oxygen atoms in total. The Bertz CT molecular complexity index is 1190. The van der Waals surface area contributed by atoms with Crippen LogP contribution in [0.1, 0.15) is 50.4 Å². The summed E-state index contributed by atoms with van der Waals surface area (Å²) in [4.78, 5) is 37.6. The third-order valence-corrected chi connectivity index (χ3v) is 4.66. The molecule has 1 unspecified atom stereocenters. The summed E-state index contributed by atoms with van der Waals surface area (Å²) in [5.74, 6) is -0.431. The fraction of sp³-hybridized carbons (Fsp3) is 0.320. The van der Waals surface area contributed by atoms with Gasteiger partial charge in [-0.25, -0.2) is 14.4 Å². The second kappa shape index (κ2) is 9.26. The van der Waals surface area contributed by atoms with Gasteiger partial charge in [0.1, 0.15) is 16.9 Å². The SMILES string of the molecule is CCc1cc(=O)oc2cc(C)cc(OC(=O)C(NC(=O)OC(C)(C)C)c3ccccc3)c12. The lowest BCUT2D eigenvalue weighted by molar-refractivity contribution is -0.136. The molecule has 0 bridgehead atoms. The van der Waals surface area contributed by atoms with E-state index in [1.165, 1.54) is 6.07 Å². The lowest BCUT2D eigenvalue weighted by Gasteiger charge is -2.23. The van der Waals surface area contributed by atoms with Gasteiger partial charge < -0.3 is 19.2 Å². The summed E-state index contributed by atoms with van der Waals surface area (Å²) < 4.78 is 16.4. The quantitative estimate of drug-likeness (QED) is 0.349. The maximum absolute atomic E-state index is 13.3.